The highest BCUT2D eigenvalue weighted by Crippen LogP contribution is 2.27. The van der Waals surface area contributed by atoms with Crippen LogP contribution in [0.15, 0.2) is 12.1 Å². The minimum Gasteiger partial charge on any atom is -0.491 e. The molecule has 0 saturated heterocycles. The summed E-state index contributed by atoms with van der Waals surface area (Å²) in [7, 11) is 0. The molecule has 0 bridgehead atoms. The van der Waals surface area contributed by atoms with E-state index in [-0.39, 0.29) is 18.9 Å². The summed E-state index contributed by atoms with van der Waals surface area (Å²) in [6, 6.07) is 2.11. The van der Waals surface area contributed by atoms with Gasteiger partial charge in [-0.2, -0.15) is 0 Å². The molecule has 0 fully saturated rings. The summed E-state index contributed by atoms with van der Waals surface area (Å²) in [5.74, 6) is -0.0726. The predicted molar refractivity (Wildman–Crippen MR) is 72.7 cm³/mol. The van der Waals surface area contributed by atoms with E-state index in [0.29, 0.717) is 16.9 Å². The van der Waals surface area contributed by atoms with Gasteiger partial charge in [0.1, 0.15) is 18.4 Å². The minimum absolute atomic E-state index is 0.0320. The highest BCUT2D eigenvalue weighted by atomic mass is 16.6. The Morgan fingerprint density at radius 3 is 2.60 bits per heavy atom. The van der Waals surface area contributed by atoms with E-state index in [1.807, 2.05) is 0 Å². The van der Waals surface area contributed by atoms with Gasteiger partial charge in [-0.3, -0.25) is 14.9 Å². The zero-order chi connectivity index (χ0) is 15.3. The van der Waals surface area contributed by atoms with Crippen LogP contribution in [-0.4, -0.2) is 30.1 Å². The maximum atomic E-state index is 11.3. The lowest BCUT2D eigenvalue weighted by molar-refractivity contribution is -0.385. The van der Waals surface area contributed by atoms with Gasteiger partial charge < -0.3 is 15.2 Å². The van der Waals surface area contributed by atoms with Crippen LogP contribution in [0.3, 0.4) is 0 Å². The van der Waals surface area contributed by atoms with E-state index in [4.69, 9.17) is 15.2 Å². The minimum atomic E-state index is -0.884. The maximum Gasteiger partial charge on any atom is 0.326 e. The number of aryl methyl sites for hydroxylation is 2. The number of carbonyl (C=O) groups is 1. The molecule has 0 heterocycles. The fourth-order valence-electron chi connectivity index (χ4n) is 1.62. The molecule has 1 aromatic carbocycles. The van der Waals surface area contributed by atoms with Gasteiger partial charge in [0.25, 0.3) is 5.69 Å². The summed E-state index contributed by atoms with van der Waals surface area (Å²) >= 11 is 0. The van der Waals surface area contributed by atoms with Gasteiger partial charge in [0, 0.05) is 11.6 Å². The van der Waals surface area contributed by atoms with Gasteiger partial charge >= 0.3 is 5.97 Å². The Morgan fingerprint density at radius 2 is 2.05 bits per heavy atom. The van der Waals surface area contributed by atoms with Crippen LogP contribution >= 0.6 is 0 Å². The van der Waals surface area contributed by atoms with Crippen LogP contribution in [0.2, 0.25) is 0 Å². The first-order valence-electron chi connectivity index (χ1n) is 6.17. The lowest BCUT2D eigenvalue weighted by atomic mass is 10.1. The average Bonchev–Trinajstić information content (AvgIpc) is 2.38. The van der Waals surface area contributed by atoms with Crippen molar-refractivity contribution in [2.45, 2.75) is 26.8 Å². The van der Waals surface area contributed by atoms with Gasteiger partial charge in [-0.1, -0.05) is 0 Å². The number of nitro benzene ring substituents is 1. The first-order valence-corrected chi connectivity index (χ1v) is 6.17. The fourth-order valence-corrected chi connectivity index (χ4v) is 1.62. The number of carbonyl (C=O) groups excluding carboxylic acids is 1. The van der Waals surface area contributed by atoms with Gasteiger partial charge in [-0.15, -0.1) is 0 Å². The van der Waals surface area contributed by atoms with E-state index in [2.05, 4.69) is 0 Å². The summed E-state index contributed by atoms with van der Waals surface area (Å²) in [5, 5.41) is 10.8. The molecule has 7 nitrogen and oxygen atoms in total. The molecule has 1 unspecified atom stereocenters. The third kappa shape index (κ3) is 3.92. The number of esters is 1. The van der Waals surface area contributed by atoms with E-state index in [0.717, 1.165) is 0 Å². The van der Waals surface area contributed by atoms with Crippen LogP contribution < -0.4 is 10.5 Å². The molecule has 0 aromatic heterocycles. The number of benzene rings is 1. The second kappa shape index (κ2) is 6.85. The Hall–Kier alpha value is -2.15. The number of hydrogen-bond acceptors (Lipinski definition) is 6. The Kier molecular flexibility index (Phi) is 5.45. The highest BCUT2D eigenvalue weighted by Gasteiger charge is 2.18. The van der Waals surface area contributed by atoms with E-state index in [1.54, 1.807) is 26.8 Å². The smallest absolute Gasteiger partial charge is 0.326 e. The molecule has 0 aliphatic carbocycles. The van der Waals surface area contributed by atoms with E-state index >= 15 is 0 Å². The quantitative estimate of drug-likeness (QED) is 0.481. The molecule has 0 amide bonds. The molecule has 2 N–H and O–H groups in total. The van der Waals surface area contributed by atoms with Gasteiger partial charge in [-0.05, 0) is 32.4 Å². The molecule has 1 aromatic rings. The van der Waals surface area contributed by atoms with Crippen molar-refractivity contribution >= 4 is 11.7 Å². The SMILES string of the molecule is CCOC(=O)C(N)COc1cc(C)c([N+](=O)[O-])cc1C. The van der Waals surface area contributed by atoms with Crippen LogP contribution in [-0.2, 0) is 9.53 Å². The van der Waals surface area contributed by atoms with Crippen LogP contribution in [0.4, 0.5) is 5.69 Å². The van der Waals surface area contributed by atoms with Crippen molar-refractivity contribution in [3.8, 4) is 5.75 Å². The average molecular weight is 282 g/mol. The van der Waals surface area contributed by atoms with Crippen molar-refractivity contribution in [3.63, 3.8) is 0 Å². The second-order valence-corrected chi connectivity index (χ2v) is 4.33. The molecule has 0 saturated carbocycles. The Bertz CT molecular complexity index is 516. The molecular weight excluding hydrogens is 264 g/mol. The number of nitrogens with zero attached hydrogens (tertiary/aromatic N) is 1. The summed E-state index contributed by atoms with van der Waals surface area (Å²) in [6.45, 7) is 5.21. The van der Waals surface area contributed by atoms with E-state index in [1.165, 1.54) is 6.07 Å². The number of nitro groups is 1. The summed E-state index contributed by atoms with van der Waals surface area (Å²) < 4.78 is 10.2. The fraction of sp³-hybridized carbons (Fsp3) is 0.462. The Balaban J connectivity index is 2.76. The summed E-state index contributed by atoms with van der Waals surface area (Å²) in [4.78, 5) is 21.7. The van der Waals surface area contributed by atoms with Crippen molar-refractivity contribution in [3.05, 3.63) is 33.4 Å². The van der Waals surface area contributed by atoms with Gasteiger partial charge in [-0.25, -0.2) is 0 Å². The largest absolute Gasteiger partial charge is 0.491 e. The zero-order valence-electron chi connectivity index (χ0n) is 11.7. The number of ether oxygens (including phenoxy) is 2. The topological polar surface area (TPSA) is 105 Å². The molecule has 7 heteroatoms. The lowest BCUT2D eigenvalue weighted by Gasteiger charge is -2.14. The molecule has 0 radical (unpaired) electrons. The van der Waals surface area contributed by atoms with Gasteiger partial charge in [0.2, 0.25) is 0 Å². The molecule has 110 valence electrons. The maximum absolute atomic E-state index is 11.3. The van der Waals surface area contributed by atoms with Crippen LogP contribution in [0.25, 0.3) is 0 Å². The molecular formula is C13H18N2O5. The first kappa shape index (κ1) is 15.9. The van der Waals surface area contributed by atoms with Crippen LogP contribution in [0.5, 0.6) is 5.75 Å². The van der Waals surface area contributed by atoms with Crippen molar-refractivity contribution in [1.82, 2.24) is 0 Å². The van der Waals surface area contributed by atoms with Crippen molar-refractivity contribution in [2.75, 3.05) is 13.2 Å². The monoisotopic (exact) mass is 282 g/mol. The number of rotatable bonds is 6. The second-order valence-electron chi connectivity index (χ2n) is 4.33. The predicted octanol–water partition coefficient (Wildman–Crippen LogP) is 1.48. The molecule has 0 spiro atoms. The van der Waals surface area contributed by atoms with E-state index < -0.39 is 16.9 Å². The Labute approximate surface area is 116 Å². The van der Waals surface area contributed by atoms with Crippen molar-refractivity contribution in [1.29, 1.82) is 0 Å². The van der Waals surface area contributed by atoms with Gasteiger partial charge in [0.15, 0.2) is 0 Å². The third-order valence-electron chi connectivity index (χ3n) is 2.70. The van der Waals surface area contributed by atoms with Crippen molar-refractivity contribution < 1.29 is 19.2 Å². The van der Waals surface area contributed by atoms with Gasteiger partial charge in [0.05, 0.1) is 11.5 Å². The normalized spacial score (nSPS) is 11.8. The molecule has 0 aliphatic heterocycles. The summed E-state index contributed by atoms with van der Waals surface area (Å²) in [6.07, 6.45) is 0. The third-order valence-corrected chi connectivity index (χ3v) is 2.70. The molecule has 0 aliphatic rings. The number of hydrogen-bond donors (Lipinski definition) is 1. The number of nitrogens with two attached hydrogens (primary N) is 1. The first-order chi connectivity index (χ1) is 9.36. The standard InChI is InChI=1S/C13H18N2O5/c1-4-19-13(16)10(14)7-20-12-6-8(2)11(15(17)18)5-9(12)3/h5-6,10H,4,7,14H2,1-3H3. The molecule has 1 rings (SSSR count). The van der Waals surface area contributed by atoms with E-state index in [9.17, 15) is 14.9 Å². The van der Waals surface area contributed by atoms with Crippen molar-refractivity contribution in [2.24, 2.45) is 5.73 Å². The summed E-state index contributed by atoms with van der Waals surface area (Å²) in [5.41, 5.74) is 6.74. The molecule has 20 heavy (non-hydrogen) atoms. The van der Waals surface area contributed by atoms with Crippen LogP contribution in [0.1, 0.15) is 18.1 Å². The van der Waals surface area contributed by atoms with Crippen LogP contribution in [0, 0.1) is 24.0 Å². The Morgan fingerprint density at radius 1 is 1.40 bits per heavy atom. The molecule has 1 atom stereocenters. The zero-order valence-corrected chi connectivity index (χ0v) is 11.7. The highest BCUT2D eigenvalue weighted by molar-refractivity contribution is 5.75. The lowest BCUT2D eigenvalue weighted by Crippen LogP contribution is -2.37.